The number of rotatable bonds is 3. The number of halogens is 2. The van der Waals surface area contributed by atoms with Crippen molar-refractivity contribution in [3.05, 3.63) is 45.9 Å². The van der Waals surface area contributed by atoms with Crippen LogP contribution in [-0.2, 0) is 22.9 Å². The Morgan fingerprint density at radius 3 is 2.22 bits per heavy atom. The maximum absolute atomic E-state index is 2.66. The molecule has 0 bridgehead atoms. The van der Waals surface area contributed by atoms with Crippen molar-refractivity contribution in [1.29, 1.82) is 0 Å². The minimum absolute atomic E-state index is 0. The molecular formula is C14H18Cl2HfSi. The average Bonchev–Trinajstić information content (AvgIpc) is 2.87. The van der Waals surface area contributed by atoms with E-state index in [1.54, 1.807) is 12.1 Å². The summed E-state index contributed by atoms with van der Waals surface area (Å²) in [6.07, 6.45) is 19.7. The van der Waals surface area contributed by atoms with E-state index < -0.39 is 31.0 Å². The fraction of sp³-hybridized carbons (Fsp3) is 0.429. The van der Waals surface area contributed by atoms with Gasteiger partial charge in [-0.05, 0) is 0 Å². The average molecular weight is 464 g/mol. The minimum atomic E-state index is -0.937. The van der Waals surface area contributed by atoms with Crippen LogP contribution in [0.15, 0.2) is 45.9 Å². The van der Waals surface area contributed by atoms with E-state index in [9.17, 15) is 0 Å². The van der Waals surface area contributed by atoms with Gasteiger partial charge in [0.15, 0.2) is 0 Å². The summed E-state index contributed by atoms with van der Waals surface area (Å²) in [5, 5.41) is 0. The third-order valence-electron chi connectivity index (χ3n) is 4.42. The molecule has 1 aliphatic heterocycles. The summed E-state index contributed by atoms with van der Waals surface area (Å²) < 4.78 is 2.49. The molecule has 0 spiro atoms. The first kappa shape index (κ1) is 16.7. The van der Waals surface area contributed by atoms with Gasteiger partial charge in [-0.15, -0.1) is 0 Å². The van der Waals surface area contributed by atoms with Crippen LogP contribution < -0.4 is 24.8 Å². The van der Waals surface area contributed by atoms with Gasteiger partial charge in [-0.3, -0.25) is 0 Å². The van der Waals surface area contributed by atoms with Crippen LogP contribution in [0, 0.1) is 0 Å². The van der Waals surface area contributed by atoms with Gasteiger partial charge in [-0.1, -0.05) is 0 Å². The summed E-state index contributed by atoms with van der Waals surface area (Å²) in [4.78, 5) is 0. The molecule has 0 N–H and O–H groups in total. The van der Waals surface area contributed by atoms with Crippen LogP contribution in [0.3, 0.4) is 0 Å². The van der Waals surface area contributed by atoms with Crippen molar-refractivity contribution < 1.29 is 47.7 Å². The molecule has 0 radical (unpaired) electrons. The van der Waals surface area contributed by atoms with Crippen LogP contribution in [0.1, 0.15) is 12.8 Å². The molecule has 0 unspecified atom stereocenters. The molecule has 0 amide bonds. The molecule has 96 valence electrons. The van der Waals surface area contributed by atoms with Gasteiger partial charge in [0.2, 0.25) is 0 Å². The third kappa shape index (κ3) is 2.72. The summed E-state index contributed by atoms with van der Waals surface area (Å²) >= 11 is -0.683. The van der Waals surface area contributed by atoms with Crippen molar-refractivity contribution in [2.24, 2.45) is 0 Å². The SMILES string of the molecule is C[Si]1([C]2([Hf+2][C]3=CC=CC3)C=CC=C2)CCC1.[Cl-].[Cl-]. The van der Waals surface area contributed by atoms with Gasteiger partial charge in [-0.25, -0.2) is 0 Å². The Bertz CT molecular complexity index is 408. The smallest absolute Gasteiger partial charge is 1.00 e. The van der Waals surface area contributed by atoms with E-state index in [-0.39, 0.29) is 24.8 Å². The van der Waals surface area contributed by atoms with Crippen molar-refractivity contribution in [3.8, 4) is 0 Å². The molecule has 0 aromatic heterocycles. The Morgan fingerprint density at radius 2 is 1.78 bits per heavy atom. The van der Waals surface area contributed by atoms with E-state index in [0.717, 1.165) is 0 Å². The maximum Gasteiger partial charge on any atom is -1.00 e. The fourth-order valence-corrected chi connectivity index (χ4v) is 18.5. The topological polar surface area (TPSA) is 0 Å². The Labute approximate surface area is 135 Å². The van der Waals surface area contributed by atoms with E-state index in [4.69, 9.17) is 0 Å². The zero-order chi connectivity index (χ0) is 11.1. The first-order valence-corrected chi connectivity index (χ1v) is 12.8. The quantitative estimate of drug-likeness (QED) is 0.435. The summed E-state index contributed by atoms with van der Waals surface area (Å²) in [7, 11) is -0.937. The van der Waals surface area contributed by atoms with Crippen LogP contribution in [-0.4, -0.2) is 8.07 Å². The molecule has 4 heteroatoms. The Kier molecular flexibility index (Phi) is 5.92. The zero-order valence-corrected chi connectivity index (χ0v) is 16.7. The second kappa shape index (κ2) is 6.38. The fourth-order valence-electron chi connectivity index (χ4n) is 3.03. The van der Waals surface area contributed by atoms with Crippen molar-refractivity contribution in [2.45, 2.75) is 34.3 Å². The minimum Gasteiger partial charge on any atom is -1.00 e. The molecular weight excluding hydrogens is 446 g/mol. The van der Waals surface area contributed by atoms with Crippen molar-refractivity contribution >= 4 is 8.07 Å². The molecule has 0 atom stereocenters. The van der Waals surface area contributed by atoms with Gasteiger partial charge in [0.05, 0.1) is 0 Å². The molecule has 1 saturated heterocycles. The van der Waals surface area contributed by atoms with Crippen molar-refractivity contribution in [2.75, 3.05) is 0 Å². The largest absolute Gasteiger partial charge is 1.00 e. The molecule has 3 aliphatic rings. The summed E-state index contributed by atoms with van der Waals surface area (Å²) in [6.45, 7) is 2.66. The zero-order valence-electron chi connectivity index (χ0n) is 10.6. The van der Waals surface area contributed by atoms with Gasteiger partial charge >= 0.3 is 111 Å². The van der Waals surface area contributed by atoms with Crippen LogP contribution >= 0.6 is 0 Å². The van der Waals surface area contributed by atoms with Crippen molar-refractivity contribution in [3.63, 3.8) is 0 Å². The summed E-state index contributed by atoms with van der Waals surface area (Å²) in [6, 6.07) is 3.16. The molecule has 18 heavy (non-hydrogen) atoms. The number of allylic oxidation sites excluding steroid dienone is 8. The van der Waals surface area contributed by atoms with Crippen LogP contribution in [0.25, 0.3) is 0 Å². The predicted molar refractivity (Wildman–Crippen MR) is 68.7 cm³/mol. The Balaban J connectivity index is 0.000000810. The molecule has 0 saturated carbocycles. The van der Waals surface area contributed by atoms with Gasteiger partial charge in [0, 0.05) is 0 Å². The van der Waals surface area contributed by atoms with Gasteiger partial charge < -0.3 is 24.8 Å². The monoisotopic (exact) mass is 464 g/mol. The molecule has 0 aromatic rings. The molecule has 0 nitrogen and oxygen atoms in total. The molecule has 0 aromatic carbocycles. The molecule has 1 heterocycles. The van der Waals surface area contributed by atoms with E-state index >= 15 is 0 Å². The van der Waals surface area contributed by atoms with E-state index in [1.807, 2.05) is 3.33 Å². The van der Waals surface area contributed by atoms with Gasteiger partial charge in [-0.2, -0.15) is 0 Å². The molecule has 2 aliphatic carbocycles. The predicted octanol–water partition coefficient (Wildman–Crippen LogP) is -1.77. The Morgan fingerprint density at radius 1 is 1.11 bits per heavy atom. The standard InChI is InChI=1S/C9H13Si.C5H5.2ClH.Hf/c1-10(7-4-8-10)9-5-2-3-6-9;1-2-4-5-3-1;;;/h2-3,5-6H,4,7-8H2,1H3;1-3H,4H2;2*1H;/q;;;;+2/p-2. The van der Waals surface area contributed by atoms with Gasteiger partial charge in [0.25, 0.3) is 0 Å². The second-order valence-corrected chi connectivity index (χ2v) is 18.4. The summed E-state index contributed by atoms with van der Waals surface area (Å²) in [5.74, 6) is 0. The van der Waals surface area contributed by atoms with E-state index in [2.05, 4.69) is 49.1 Å². The van der Waals surface area contributed by atoms with E-state index in [0.29, 0.717) is 2.79 Å². The summed E-state index contributed by atoms with van der Waals surface area (Å²) in [5.41, 5.74) is 0. The second-order valence-electron chi connectivity index (χ2n) is 5.45. The number of hydrogen-bond acceptors (Lipinski definition) is 0. The van der Waals surface area contributed by atoms with Crippen LogP contribution in [0.4, 0.5) is 0 Å². The van der Waals surface area contributed by atoms with Gasteiger partial charge in [0.1, 0.15) is 0 Å². The first-order valence-electron chi connectivity index (χ1n) is 6.25. The first-order chi connectivity index (χ1) is 7.74. The molecule has 1 fully saturated rings. The van der Waals surface area contributed by atoms with E-state index in [1.165, 1.54) is 12.8 Å². The third-order valence-corrected chi connectivity index (χ3v) is 22.4. The van der Waals surface area contributed by atoms with Crippen LogP contribution in [0.5, 0.6) is 0 Å². The molecule has 3 rings (SSSR count). The normalized spacial score (nSPS) is 24.6. The maximum atomic E-state index is 2.66. The van der Waals surface area contributed by atoms with Crippen LogP contribution in [0.2, 0.25) is 21.4 Å². The number of hydrogen-bond donors (Lipinski definition) is 0. The van der Waals surface area contributed by atoms with Crippen molar-refractivity contribution in [1.82, 2.24) is 0 Å². The Hall–Kier alpha value is 0.627.